The van der Waals surface area contributed by atoms with Gasteiger partial charge in [-0.1, -0.05) is 263 Å². The van der Waals surface area contributed by atoms with Crippen molar-refractivity contribution in [3.05, 3.63) is 24.3 Å². The number of carbonyl (C=O) groups is 3. The highest BCUT2D eigenvalue weighted by Crippen LogP contribution is 2.17. The van der Waals surface area contributed by atoms with Gasteiger partial charge in [0.1, 0.15) is 13.2 Å². The lowest BCUT2D eigenvalue weighted by Crippen LogP contribution is -2.30. The van der Waals surface area contributed by atoms with Gasteiger partial charge in [0.05, 0.1) is 0 Å². The molecule has 0 saturated carbocycles. The van der Waals surface area contributed by atoms with Gasteiger partial charge in [-0.05, 0) is 70.6 Å². The Hall–Kier alpha value is -2.11. The molecular formula is C61H114O6. The summed E-state index contributed by atoms with van der Waals surface area (Å²) in [6.07, 6.45) is 65.9. The normalized spacial score (nSPS) is 12.1. The van der Waals surface area contributed by atoms with Gasteiger partial charge >= 0.3 is 17.9 Å². The first-order chi connectivity index (χ1) is 33.0. The smallest absolute Gasteiger partial charge is 0.306 e. The van der Waals surface area contributed by atoms with E-state index in [1.807, 2.05) is 0 Å². The van der Waals surface area contributed by atoms with Gasteiger partial charge in [0.15, 0.2) is 6.10 Å². The monoisotopic (exact) mass is 943 g/mol. The number of ether oxygens (including phenoxy) is 3. The Balaban J connectivity index is 4.33. The Labute approximate surface area is 417 Å². The molecule has 0 spiro atoms. The van der Waals surface area contributed by atoms with E-state index in [4.69, 9.17) is 14.2 Å². The van der Waals surface area contributed by atoms with Gasteiger partial charge in [0.2, 0.25) is 0 Å². The van der Waals surface area contributed by atoms with Gasteiger partial charge in [-0.3, -0.25) is 14.4 Å². The minimum absolute atomic E-state index is 0.0698. The standard InChI is InChI=1S/C61H114O6/c1-4-7-10-13-16-19-22-25-28-30-32-33-36-39-42-45-48-51-54-60(63)66-57-58(56-65-59(62)53-50-47-44-41-38-35-27-24-21-18-15-12-9-6-3)67-61(64)55-52-49-46-43-40-37-34-31-29-26-23-20-17-14-11-8-5-2/h26,28-30,58H,4-25,27,31-57H2,1-3H3/b29-26-,30-28-. The lowest BCUT2D eigenvalue weighted by Gasteiger charge is -2.18. The molecule has 0 radical (unpaired) electrons. The number of carbonyl (C=O) groups excluding carboxylic acids is 3. The summed E-state index contributed by atoms with van der Waals surface area (Å²) in [6.45, 7) is 6.68. The highest BCUT2D eigenvalue weighted by molar-refractivity contribution is 5.71. The predicted molar refractivity (Wildman–Crippen MR) is 289 cm³/mol. The van der Waals surface area contributed by atoms with Crippen LogP contribution in [0.2, 0.25) is 0 Å². The number of esters is 3. The van der Waals surface area contributed by atoms with E-state index < -0.39 is 6.10 Å². The molecule has 6 heteroatoms. The van der Waals surface area contributed by atoms with E-state index in [0.29, 0.717) is 19.3 Å². The highest BCUT2D eigenvalue weighted by Gasteiger charge is 2.19. The molecule has 0 saturated heterocycles. The molecule has 0 heterocycles. The Kier molecular flexibility index (Phi) is 54.7. The molecule has 0 aliphatic carbocycles. The van der Waals surface area contributed by atoms with Crippen molar-refractivity contribution in [2.45, 2.75) is 335 Å². The summed E-state index contributed by atoms with van der Waals surface area (Å²) in [4.78, 5) is 38.2. The molecule has 0 N–H and O–H groups in total. The van der Waals surface area contributed by atoms with Gasteiger partial charge in [0, 0.05) is 19.3 Å². The van der Waals surface area contributed by atoms with Gasteiger partial charge in [-0.2, -0.15) is 0 Å². The van der Waals surface area contributed by atoms with Crippen molar-refractivity contribution in [2.75, 3.05) is 13.2 Å². The van der Waals surface area contributed by atoms with Crippen LogP contribution in [0.3, 0.4) is 0 Å². The summed E-state index contributed by atoms with van der Waals surface area (Å²) >= 11 is 0. The molecule has 0 amide bonds. The SMILES string of the molecule is CCCCCCCC/C=C\CCCCCCCCCC(=O)OC(COC(=O)CCCCCCCCC/C=C\CCCCCCCCC)COC(=O)CCCCCCCCCCCCCCCC. The van der Waals surface area contributed by atoms with Crippen LogP contribution in [0.25, 0.3) is 0 Å². The van der Waals surface area contributed by atoms with Crippen LogP contribution < -0.4 is 0 Å². The van der Waals surface area contributed by atoms with Crippen LogP contribution in [-0.4, -0.2) is 37.2 Å². The van der Waals surface area contributed by atoms with Crippen LogP contribution in [0.5, 0.6) is 0 Å². The van der Waals surface area contributed by atoms with E-state index >= 15 is 0 Å². The molecule has 0 aromatic rings. The third-order valence-corrected chi connectivity index (χ3v) is 13.4. The Morgan fingerprint density at radius 2 is 0.493 bits per heavy atom. The molecule has 6 nitrogen and oxygen atoms in total. The Morgan fingerprint density at radius 3 is 0.746 bits per heavy atom. The second-order valence-electron chi connectivity index (χ2n) is 20.3. The molecule has 0 aromatic carbocycles. The molecule has 1 atom stereocenters. The maximum Gasteiger partial charge on any atom is 0.306 e. The summed E-state index contributed by atoms with van der Waals surface area (Å²) in [5, 5.41) is 0. The molecule has 0 bridgehead atoms. The molecule has 67 heavy (non-hydrogen) atoms. The second-order valence-corrected chi connectivity index (χ2v) is 20.3. The van der Waals surface area contributed by atoms with Crippen molar-refractivity contribution in [3.63, 3.8) is 0 Å². The van der Waals surface area contributed by atoms with Crippen LogP contribution in [0.4, 0.5) is 0 Å². The van der Waals surface area contributed by atoms with Crippen LogP contribution in [0.15, 0.2) is 24.3 Å². The fraction of sp³-hybridized carbons (Fsp3) is 0.885. The van der Waals surface area contributed by atoms with Gasteiger partial charge in [0.25, 0.3) is 0 Å². The third-order valence-electron chi connectivity index (χ3n) is 13.4. The highest BCUT2D eigenvalue weighted by atomic mass is 16.6. The molecule has 0 rings (SSSR count). The average molecular weight is 944 g/mol. The number of hydrogen-bond acceptors (Lipinski definition) is 6. The Bertz CT molecular complexity index is 1080. The number of hydrogen-bond donors (Lipinski definition) is 0. The first-order valence-electron chi connectivity index (χ1n) is 29.8. The van der Waals surface area contributed by atoms with Gasteiger partial charge in [-0.25, -0.2) is 0 Å². The van der Waals surface area contributed by atoms with Crippen molar-refractivity contribution in [3.8, 4) is 0 Å². The second kappa shape index (κ2) is 56.5. The summed E-state index contributed by atoms with van der Waals surface area (Å²) in [6, 6.07) is 0. The van der Waals surface area contributed by atoms with Crippen molar-refractivity contribution in [1.82, 2.24) is 0 Å². The third kappa shape index (κ3) is 54.7. The van der Waals surface area contributed by atoms with E-state index in [9.17, 15) is 14.4 Å². The molecule has 0 aliphatic rings. The fourth-order valence-electron chi connectivity index (χ4n) is 8.91. The topological polar surface area (TPSA) is 78.9 Å². The summed E-state index contributed by atoms with van der Waals surface area (Å²) < 4.78 is 16.9. The van der Waals surface area contributed by atoms with E-state index in [0.717, 1.165) is 57.8 Å². The molecule has 0 fully saturated rings. The lowest BCUT2D eigenvalue weighted by atomic mass is 10.0. The van der Waals surface area contributed by atoms with Crippen molar-refractivity contribution in [1.29, 1.82) is 0 Å². The molecule has 0 aliphatic heterocycles. The van der Waals surface area contributed by atoms with Crippen LogP contribution >= 0.6 is 0 Å². The lowest BCUT2D eigenvalue weighted by molar-refractivity contribution is -0.167. The van der Waals surface area contributed by atoms with Crippen molar-refractivity contribution < 1.29 is 28.6 Å². The zero-order chi connectivity index (χ0) is 48.6. The predicted octanol–water partition coefficient (Wildman–Crippen LogP) is 19.9. The molecule has 1 unspecified atom stereocenters. The van der Waals surface area contributed by atoms with Gasteiger partial charge in [-0.15, -0.1) is 0 Å². The zero-order valence-electron chi connectivity index (χ0n) is 45.2. The summed E-state index contributed by atoms with van der Waals surface area (Å²) in [7, 11) is 0. The van der Waals surface area contributed by atoms with Crippen molar-refractivity contribution >= 4 is 17.9 Å². The van der Waals surface area contributed by atoms with Crippen LogP contribution in [-0.2, 0) is 28.6 Å². The van der Waals surface area contributed by atoms with Crippen molar-refractivity contribution in [2.24, 2.45) is 0 Å². The van der Waals surface area contributed by atoms with Crippen LogP contribution in [0, 0.1) is 0 Å². The average Bonchev–Trinajstić information content (AvgIpc) is 3.33. The summed E-state index contributed by atoms with van der Waals surface area (Å²) in [5.74, 6) is -0.857. The van der Waals surface area contributed by atoms with Gasteiger partial charge < -0.3 is 14.2 Å². The van der Waals surface area contributed by atoms with Crippen LogP contribution in [0.1, 0.15) is 329 Å². The number of rotatable bonds is 55. The first kappa shape index (κ1) is 64.9. The number of allylic oxidation sites excluding steroid dienone is 4. The maximum atomic E-state index is 12.9. The number of unbranched alkanes of at least 4 members (excludes halogenated alkanes) is 40. The van der Waals surface area contributed by atoms with E-state index in [-0.39, 0.29) is 31.1 Å². The largest absolute Gasteiger partial charge is 0.462 e. The minimum Gasteiger partial charge on any atom is -0.462 e. The Morgan fingerprint density at radius 1 is 0.284 bits per heavy atom. The fourth-order valence-corrected chi connectivity index (χ4v) is 8.91. The zero-order valence-corrected chi connectivity index (χ0v) is 45.2. The summed E-state index contributed by atoms with van der Waals surface area (Å²) in [5.41, 5.74) is 0. The molecule has 0 aromatic heterocycles. The minimum atomic E-state index is -0.772. The first-order valence-corrected chi connectivity index (χ1v) is 29.8. The maximum absolute atomic E-state index is 12.9. The molecular weight excluding hydrogens is 829 g/mol. The molecule has 394 valence electrons. The van der Waals surface area contributed by atoms with E-state index in [1.54, 1.807) is 0 Å². The van der Waals surface area contributed by atoms with E-state index in [1.165, 1.54) is 231 Å². The quantitative estimate of drug-likeness (QED) is 0.0262. The van der Waals surface area contributed by atoms with E-state index in [2.05, 4.69) is 45.1 Å².